The van der Waals surface area contributed by atoms with Gasteiger partial charge in [0, 0.05) is 22.5 Å². The van der Waals surface area contributed by atoms with E-state index in [1.54, 1.807) is 0 Å². The van der Waals surface area contributed by atoms with Crippen LogP contribution in [0.5, 0.6) is 0 Å². The molecule has 1 fully saturated rings. The second-order valence-electron chi connectivity index (χ2n) is 5.92. The number of rotatable bonds is 8. The highest BCUT2D eigenvalue weighted by molar-refractivity contribution is 9.10. The molecule has 0 amide bonds. The molecule has 106 valence electrons. The van der Waals surface area contributed by atoms with Crippen molar-refractivity contribution >= 4 is 15.9 Å². The van der Waals surface area contributed by atoms with Crippen LogP contribution in [-0.4, -0.2) is 12.6 Å². The molecule has 0 bridgehead atoms. The van der Waals surface area contributed by atoms with Crippen LogP contribution in [-0.2, 0) is 5.41 Å². The van der Waals surface area contributed by atoms with Gasteiger partial charge in [-0.05, 0) is 37.3 Å². The summed E-state index contributed by atoms with van der Waals surface area (Å²) in [7, 11) is 0. The Morgan fingerprint density at radius 2 is 1.79 bits per heavy atom. The number of hydrogen-bond acceptors (Lipinski definition) is 1. The molecule has 1 N–H and O–H groups in total. The van der Waals surface area contributed by atoms with E-state index < -0.39 is 0 Å². The van der Waals surface area contributed by atoms with Crippen LogP contribution in [0.1, 0.15) is 57.9 Å². The van der Waals surface area contributed by atoms with Crippen molar-refractivity contribution in [3.8, 4) is 0 Å². The summed E-state index contributed by atoms with van der Waals surface area (Å²) < 4.78 is 1.27. The first-order valence-electron chi connectivity index (χ1n) is 7.70. The summed E-state index contributed by atoms with van der Waals surface area (Å²) in [5.41, 5.74) is 1.79. The molecule has 0 atom stereocenters. The fraction of sp³-hybridized carbons (Fsp3) is 0.647. The van der Waals surface area contributed by atoms with E-state index >= 15 is 0 Å². The Balaban J connectivity index is 2.25. The van der Waals surface area contributed by atoms with Crippen molar-refractivity contribution in [2.24, 2.45) is 0 Å². The van der Waals surface area contributed by atoms with E-state index in [1.807, 2.05) is 0 Å². The topological polar surface area (TPSA) is 12.0 Å². The van der Waals surface area contributed by atoms with Gasteiger partial charge in [0.1, 0.15) is 0 Å². The van der Waals surface area contributed by atoms with Gasteiger partial charge in [-0.15, -0.1) is 0 Å². The van der Waals surface area contributed by atoms with E-state index in [4.69, 9.17) is 0 Å². The largest absolute Gasteiger partial charge is 0.313 e. The molecule has 1 aromatic carbocycles. The minimum atomic E-state index is 0.298. The molecule has 0 aliphatic heterocycles. The zero-order valence-electron chi connectivity index (χ0n) is 12.2. The molecule has 1 nitrogen and oxygen atoms in total. The molecular formula is C17H26BrN. The molecular weight excluding hydrogens is 298 g/mol. The Labute approximate surface area is 126 Å². The van der Waals surface area contributed by atoms with Gasteiger partial charge < -0.3 is 5.32 Å². The molecule has 1 aliphatic carbocycles. The molecule has 1 aliphatic rings. The van der Waals surface area contributed by atoms with Crippen LogP contribution in [0.25, 0.3) is 0 Å². The Hall–Kier alpha value is -0.340. The van der Waals surface area contributed by atoms with E-state index in [2.05, 4.69) is 59.4 Å². The lowest BCUT2D eigenvalue weighted by Gasteiger charge is -2.35. The third-order valence-corrected chi connectivity index (χ3v) is 4.90. The van der Waals surface area contributed by atoms with Crippen molar-refractivity contribution in [3.05, 3.63) is 34.3 Å². The van der Waals surface area contributed by atoms with Gasteiger partial charge in [-0.25, -0.2) is 0 Å². The summed E-state index contributed by atoms with van der Waals surface area (Å²) in [4.78, 5) is 0. The fourth-order valence-electron chi connectivity index (χ4n) is 3.14. The molecule has 0 spiro atoms. The lowest BCUT2D eigenvalue weighted by Crippen LogP contribution is -2.39. The molecule has 0 aromatic heterocycles. The molecule has 2 heteroatoms. The lowest BCUT2D eigenvalue weighted by atomic mass is 9.73. The van der Waals surface area contributed by atoms with Gasteiger partial charge in [-0.2, -0.15) is 0 Å². The van der Waals surface area contributed by atoms with E-state index in [-0.39, 0.29) is 0 Å². The summed E-state index contributed by atoms with van der Waals surface area (Å²) in [6.45, 7) is 5.73. The molecule has 0 radical (unpaired) electrons. The van der Waals surface area contributed by atoms with Gasteiger partial charge in [0.2, 0.25) is 0 Å². The van der Waals surface area contributed by atoms with Crippen molar-refractivity contribution in [3.63, 3.8) is 0 Å². The Morgan fingerprint density at radius 1 is 1.16 bits per heavy atom. The Morgan fingerprint density at radius 3 is 2.32 bits per heavy atom. The lowest BCUT2D eigenvalue weighted by molar-refractivity contribution is 0.332. The van der Waals surface area contributed by atoms with Gasteiger partial charge in [0.15, 0.2) is 0 Å². The summed E-state index contributed by atoms with van der Waals surface area (Å²) in [6.07, 6.45) is 7.75. The fourth-order valence-corrected chi connectivity index (χ4v) is 3.85. The summed E-state index contributed by atoms with van der Waals surface area (Å²) >= 11 is 3.77. The zero-order chi connectivity index (χ0) is 13.7. The van der Waals surface area contributed by atoms with Crippen molar-refractivity contribution in [2.45, 2.75) is 63.8 Å². The predicted octanol–water partition coefficient (Wildman–Crippen LogP) is 5.04. The van der Waals surface area contributed by atoms with Crippen LogP contribution in [0.3, 0.4) is 0 Å². The maximum absolute atomic E-state index is 3.77. The van der Waals surface area contributed by atoms with Gasteiger partial charge in [0.05, 0.1) is 0 Å². The number of nitrogens with one attached hydrogen (secondary N) is 1. The maximum atomic E-state index is 3.77. The number of benzene rings is 1. The molecule has 2 rings (SSSR count). The van der Waals surface area contributed by atoms with Crippen molar-refractivity contribution in [1.82, 2.24) is 5.32 Å². The summed E-state index contributed by atoms with van der Waals surface area (Å²) in [6, 6.07) is 9.58. The van der Waals surface area contributed by atoms with Crippen LogP contribution >= 0.6 is 15.9 Å². The van der Waals surface area contributed by atoms with Crippen molar-refractivity contribution in [2.75, 3.05) is 6.54 Å². The van der Waals surface area contributed by atoms with Crippen molar-refractivity contribution in [1.29, 1.82) is 0 Å². The summed E-state index contributed by atoms with van der Waals surface area (Å²) in [5.74, 6) is 0. The third kappa shape index (κ3) is 3.82. The number of hydrogen-bond donors (Lipinski definition) is 1. The average molecular weight is 324 g/mol. The Bertz CT molecular complexity index is 392. The molecule has 0 unspecified atom stereocenters. The van der Waals surface area contributed by atoms with E-state index in [9.17, 15) is 0 Å². The highest BCUT2D eigenvalue weighted by Gasteiger charge is 2.34. The zero-order valence-corrected chi connectivity index (χ0v) is 13.8. The standard InChI is InChI=1S/C17H26BrN/c1-3-11-17(12-4-2,13-19-14-9-10-14)15-7-5-6-8-16(15)18/h5-8,14,19H,3-4,9-13H2,1-2H3. The predicted molar refractivity (Wildman–Crippen MR) is 86.7 cm³/mol. The molecule has 0 heterocycles. The third-order valence-electron chi connectivity index (χ3n) is 4.21. The van der Waals surface area contributed by atoms with Gasteiger partial charge in [-0.1, -0.05) is 60.8 Å². The maximum Gasteiger partial charge on any atom is 0.0213 e. The van der Waals surface area contributed by atoms with Crippen LogP contribution in [0.15, 0.2) is 28.7 Å². The van der Waals surface area contributed by atoms with Crippen LogP contribution in [0.2, 0.25) is 0 Å². The van der Waals surface area contributed by atoms with Crippen molar-refractivity contribution < 1.29 is 0 Å². The summed E-state index contributed by atoms with van der Waals surface area (Å²) in [5, 5.41) is 3.77. The first kappa shape index (κ1) is 15.1. The monoisotopic (exact) mass is 323 g/mol. The number of halogens is 1. The van der Waals surface area contributed by atoms with E-state index in [1.165, 1.54) is 48.6 Å². The highest BCUT2D eigenvalue weighted by atomic mass is 79.9. The van der Waals surface area contributed by atoms with Crippen LogP contribution in [0, 0.1) is 0 Å². The molecule has 1 saturated carbocycles. The first-order valence-corrected chi connectivity index (χ1v) is 8.49. The SMILES string of the molecule is CCCC(CCC)(CNC1CC1)c1ccccc1Br. The van der Waals surface area contributed by atoms with E-state index in [0.717, 1.165) is 12.6 Å². The van der Waals surface area contributed by atoms with Crippen LogP contribution in [0.4, 0.5) is 0 Å². The first-order chi connectivity index (χ1) is 9.22. The van der Waals surface area contributed by atoms with Crippen LogP contribution < -0.4 is 5.32 Å². The molecule has 19 heavy (non-hydrogen) atoms. The smallest absolute Gasteiger partial charge is 0.0213 e. The second kappa shape index (κ2) is 6.90. The minimum absolute atomic E-state index is 0.298. The minimum Gasteiger partial charge on any atom is -0.313 e. The van der Waals surface area contributed by atoms with Gasteiger partial charge in [-0.3, -0.25) is 0 Å². The molecule has 0 saturated heterocycles. The molecule has 1 aromatic rings. The average Bonchev–Trinajstić information content (AvgIpc) is 3.21. The quantitative estimate of drug-likeness (QED) is 0.706. The second-order valence-corrected chi connectivity index (χ2v) is 6.77. The van der Waals surface area contributed by atoms with Gasteiger partial charge >= 0.3 is 0 Å². The van der Waals surface area contributed by atoms with E-state index in [0.29, 0.717) is 5.41 Å². The highest BCUT2D eigenvalue weighted by Crippen LogP contribution is 2.38. The normalized spacial score (nSPS) is 15.7. The Kier molecular flexibility index (Phi) is 5.47. The van der Waals surface area contributed by atoms with Gasteiger partial charge in [0.25, 0.3) is 0 Å².